The van der Waals surface area contributed by atoms with Crippen molar-refractivity contribution in [3.63, 3.8) is 0 Å². The van der Waals surface area contributed by atoms with Gasteiger partial charge in [-0.2, -0.15) is 0 Å². The molecule has 0 saturated carbocycles. The van der Waals surface area contributed by atoms with Crippen LogP contribution in [0.3, 0.4) is 0 Å². The number of nitrogens with two attached hydrogens (primary N) is 1. The summed E-state index contributed by atoms with van der Waals surface area (Å²) in [6.07, 6.45) is 7.30. The standard InChI is InChI=1S/C9H18N2/c1-9(2)7-5-4-6-8-11(3)10/h6,8H,1,4-5,7,10H2,2-3H3/b8-6-. The zero-order chi connectivity index (χ0) is 8.69. The molecule has 0 aliphatic heterocycles. The van der Waals surface area contributed by atoms with Gasteiger partial charge in [-0.15, -0.1) is 6.58 Å². The van der Waals surface area contributed by atoms with Gasteiger partial charge in [0, 0.05) is 13.2 Å². The Bertz CT molecular complexity index is 136. The van der Waals surface area contributed by atoms with Crippen LogP contribution in [0.4, 0.5) is 0 Å². The highest BCUT2D eigenvalue weighted by Crippen LogP contribution is 2.03. The maximum absolute atomic E-state index is 5.36. The van der Waals surface area contributed by atoms with Crippen molar-refractivity contribution in [2.45, 2.75) is 26.2 Å². The highest BCUT2D eigenvalue weighted by atomic mass is 15.4. The van der Waals surface area contributed by atoms with Crippen LogP contribution >= 0.6 is 0 Å². The summed E-state index contributed by atoms with van der Waals surface area (Å²) < 4.78 is 0. The molecule has 0 saturated heterocycles. The largest absolute Gasteiger partial charge is 0.322 e. The average molecular weight is 154 g/mol. The molecular weight excluding hydrogens is 136 g/mol. The number of unbranched alkanes of at least 4 members (excludes halogenated alkanes) is 1. The van der Waals surface area contributed by atoms with E-state index < -0.39 is 0 Å². The Labute approximate surface area is 69.3 Å². The van der Waals surface area contributed by atoms with E-state index in [2.05, 4.69) is 19.6 Å². The fraction of sp³-hybridized carbons (Fsp3) is 0.556. The van der Waals surface area contributed by atoms with Crippen LogP contribution in [0.1, 0.15) is 26.2 Å². The average Bonchev–Trinajstić information content (AvgIpc) is 1.85. The van der Waals surface area contributed by atoms with Gasteiger partial charge in [-0.05, 0) is 26.2 Å². The Morgan fingerprint density at radius 2 is 2.27 bits per heavy atom. The van der Waals surface area contributed by atoms with Gasteiger partial charge in [0.1, 0.15) is 0 Å². The van der Waals surface area contributed by atoms with Crippen LogP contribution < -0.4 is 5.84 Å². The maximum Gasteiger partial charge on any atom is 0.0222 e. The van der Waals surface area contributed by atoms with Crippen molar-refractivity contribution in [2.24, 2.45) is 5.84 Å². The molecule has 0 heterocycles. The van der Waals surface area contributed by atoms with Crippen molar-refractivity contribution < 1.29 is 0 Å². The van der Waals surface area contributed by atoms with Crippen molar-refractivity contribution in [3.8, 4) is 0 Å². The summed E-state index contributed by atoms with van der Waals surface area (Å²) in [5.74, 6) is 5.36. The summed E-state index contributed by atoms with van der Waals surface area (Å²) in [4.78, 5) is 0. The molecule has 0 aliphatic rings. The summed E-state index contributed by atoms with van der Waals surface area (Å²) in [6, 6.07) is 0. The van der Waals surface area contributed by atoms with Crippen LogP contribution in [0.15, 0.2) is 24.4 Å². The number of hydrogen-bond donors (Lipinski definition) is 1. The van der Waals surface area contributed by atoms with Gasteiger partial charge < -0.3 is 5.01 Å². The van der Waals surface area contributed by atoms with E-state index in [9.17, 15) is 0 Å². The molecule has 0 bridgehead atoms. The van der Waals surface area contributed by atoms with Crippen LogP contribution in [-0.2, 0) is 0 Å². The highest BCUT2D eigenvalue weighted by molar-refractivity contribution is 4.89. The lowest BCUT2D eigenvalue weighted by atomic mass is 10.1. The molecule has 0 rings (SSSR count). The Hall–Kier alpha value is -0.760. The molecule has 0 spiro atoms. The number of allylic oxidation sites excluding steroid dienone is 2. The molecule has 0 aliphatic carbocycles. The molecule has 0 radical (unpaired) electrons. The first-order chi connectivity index (χ1) is 5.13. The fourth-order valence-corrected chi connectivity index (χ4v) is 0.762. The predicted molar refractivity (Wildman–Crippen MR) is 49.8 cm³/mol. The van der Waals surface area contributed by atoms with Crippen molar-refractivity contribution in [2.75, 3.05) is 7.05 Å². The minimum atomic E-state index is 1.08. The smallest absolute Gasteiger partial charge is 0.0222 e. The maximum atomic E-state index is 5.36. The third kappa shape index (κ3) is 9.24. The minimum Gasteiger partial charge on any atom is -0.322 e. The fourth-order valence-electron chi connectivity index (χ4n) is 0.762. The first-order valence-corrected chi connectivity index (χ1v) is 3.91. The SMILES string of the molecule is C=C(C)CCC/C=C\N(C)N. The third-order valence-corrected chi connectivity index (χ3v) is 1.31. The van der Waals surface area contributed by atoms with E-state index in [1.807, 2.05) is 13.2 Å². The van der Waals surface area contributed by atoms with E-state index >= 15 is 0 Å². The molecule has 0 fully saturated rings. The van der Waals surface area contributed by atoms with E-state index in [1.54, 1.807) is 5.01 Å². The van der Waals surface area contributed by atoms with Gasteiger partial charge in [0.15, 0.2) is 0 Å². The molecule has 2 heteroatoms. The van der Waals surface area contributed by atoms with Crippen LogP contribution in [0.5, 0.6) is 0 Å². The molecule has 0 atom stereocenters. The second-order valence-electron chi connectivity index (χ2n) is 2.90. The van der Waals surface area contributed by atoms with Crippen LogP contribution in [-0.4, -0.2) is 12.1 Å². The summed E-state index contributed by atoms with van der Waals surface area (Å²) in [5, 5.41) is 1.56. The zero-order valence-electron chi connectivity index (χ0n) is 7.51. The van der Waals surface area contributed by atoms with Gasteiger partial charge >= 0.3 is 0 Å². The van der Waals surface area contributed by atoms with E-state index in [-0.39, 0.29) is 0 Å². The van der Waals surface area contributed by atoms with Gasteiger partial charge in [0.2, 0.25) is 0 Å². The van der Waals surface area contributed by atoms with Crippen LogP contribution in [0.2, 0.25) is 0 Å². The number of hydrogen-bond acceptors (Lipinski definition) is 2. The van der Waals surface area contributed by atoms with E-state index in [1.165, 1.54) is 12.0 Å². The molecule has 0 aromatic heterocycles. The van der Waals surface area contributed by atoms with Crippen molar-refractivity contribution in [1.82, 2.24) is 5.01 Å². The second kappa shape index (κ2) is 5.98. The van der Waals surface area contributed by atoms with Gasteiger partial charge in [-0.25, -0.2) is 5.84 Å². The van der Waals surface area contributed by atoms with Crippen molar-refractivity contribution in [3.05, 3.63) is 24.4 Å². The van der Waals surface area contributed by atoms with E-state index in [0.29, 0.717) is 0 Å². The quantitative estimate of drug-likeness (QED) is 0.284. The Kier molecular flexibility index (Phi) is 5.57. The minimum absolute atomic E-state index is 1.08. The molecule has 2 N–H and O–H groups in total. The summed E-state index contributed by atoms with van der Waals surface area (Å²) >= 11 is 0. The van der Waals surface area contributed by atoms with Crippen LogP contribution in [0, 0.1) is 0 Å². The van der Waals surface area contributed by atoms with Crippen molar-refractivity contribution in [1.29, 1.82) is 0 Å². The molecule has 0 unspecified atom stereocenters. The predicted octanol–water partition coefficient (Wildman–Crippen LogP) is 2.05. The Morgan fingerprint density at radius 3 is 2.73 bits per heavy atom. The normalized spacial score (nSPS) is 10.5. The van der Waals surface area contributed by atoms with Gasteiger partial charge in [0.05, 0.1) is 0 Å². The topological polar surface area (TPSA) is 29.3 Å². The lowest BCUT2D eigenvalue weighted by Gasteiger charge is -2.02. The summed E-state index contributed by atoms with van der Waals surface area (Å²) in [5.41, 5.74) is 1.25. The molecule has 0 aromatic rings. The molecule has 11 heavy (non-hydrogen) atoms. The zero-order valence-corrected chi connectivity index (χ0v) is 7.51. The number of nitrogens with zero attached hydrogens (tertiary/aromatic N) is 1. The number of hydrazine groups is 1. The van der Waals surface area contributed by atoms with Gasteiger partial charge in [-0.3, -0.25) is 0 Å². The van der Waals surface area contributed by atoms with E-state index in [0.717, 1.165) is 12.8 Å². The monoisotopic (exact) mass is 154 g/mol. The first kappa shape index (κ1) is 10.2. The van der Waals surface area contributed by atoms with E-state index in [4.69, 9.17) is 5.84 Å². The third-order valence-electron chi connectivity index (χ3n) is 1.31. The lowest BCUT2D eigenvalue weighted by Crippen LogP contribution is -2.18. The highest BCUT2D eigenvalue weighted by Gasteiger charge is 1.85. The van der Waals surface area contributed by atoms with Crippen molar-refractivity contribution >= 4 is 0 Å². The second-order valence-corrected chi connectivity index (χ2v) is 2.90. The summed E-state index contributed by atoms with van der Waals surface area (Å²) in [7, 11) is 1.81. The first-order valence-electron chi connectivity index (χ1n) is 3.91. The van der Waals surface area contributed by atoms with Gasteiger partial charge in [-0.1, -0.05) is 11.6 Å². The molecular formula is C9H18N2. The molecule has 64 valence electrons. The molecule has 0 aromatic carbocycles. The molecule has 2 nitrogen and oxygen atoms in total. The summed E-state index contributed by atoms with van der Waals surface area (Å²) in [6.45, 7) is 5.88. The molecule has 0 amide bonds. The lowest BCUT2D eigenvalue weighted by molar-refractivity contribution is 0.482. The van der Waals surface area contributed by atoms with Crippen LogP contribution in [0.25, 0.3) is 0 Å². The Balaban J connectivity index is 3.20. The van der Waals surface area contributed by atoms with Gasteiger partial charge in [0.25, 0.3) is 0 Å². The number of rotatable bonds is 5. The Morgan fingerprint density at radius 1 is 1.64 bits per heavy atom.